The zero-order chi connectivity index (χ0) is 23.5. The first-order valence-electron chi connectivity index (χ1n) is 10.3. The third-order valence-electron chi connectivity index (χ3n) is 4.99. The minimum atomic E-state index is -0.407. The lowest BCUT2D eigenvalue weighted by Gasteiger charge is -2.11. The number of thioether (sulfide) groups is 1. The first-order valence-corrected chi connectivity index (χ1v) is 11.2. The van der Waals surface area contributed by atoms with Crippen LogP contribution < -0.4 is 11.0 Å². The van der Waals surface area contributed by atoms with Gasteiger partial charge in [0.05, 0.1) is 16.7 Å². The van der Waals surface area contributed by atoms with Crippen LogP contribution in [0.5, 0.6) is 0 Å². The molecular formula is C24H17FN6O2S. The highest BCUT2D eigenvalue weighted by molar-refractivity contribution is 7.99. The van der Waals surface area contributed by atoms with Gasteiger partial charge in [0, 0.05) is 11.3 Å². The molecule has 0 spiro atoms. The Hall–Kier alpha value is -4.31. The largest absolute Gasteiger partial charge is 0.280 e. The van der Waals surface area contributed by atoms with Crippen LogP contribution in [-0.2, 0) is 4.79 Å². The minimum absolute atomic E-state index is 0.0202. The van der Waals surface area contributed by atoms with Crippen molar-refractivity contribution in [2.75, 3.05) is 11.2 Å². The van der Waals surface area contributed by atoms with Gasteiger partial charge in [0.2, 0.25) is 5.91 Å². The van der Waals surface area contributed by atoms with Gasteiger partial charge < -0.3 is 0 Å². The summed E-state index contributed by atoms with van der Waals surface area (Å²) in [5.41, 5.74) is 4.23. The summed E-state index contributed by atoms with van der Waals surface area (Å²) in [4.78, 5) is 29.4. The molecule has 0 unspecified atom stereocenters. The van der Waals surface area contributed by atoms with Crippen LogP contribution >= 0.6 is 11.8 Å². The highest BCUT2D eigenvalue weighted by atomic mass is 32.2. The van der Waals surface area contributed by atoms with Gasteiger partial charge in [-0.15, -0.1) is 10.2 Å². The Bertz CT molecular complexity index is 1530. The fraction of sp³-hybridized carbons (Fsp3) is 0.0417. The maximum Gasteiger partial charge on any atom is 0.280 e. The van der Waals surface area contributed by atoms with Gasteiger partial charge >= 0.3 is 0 Å². The summed E-state index contributed by atoms with van der Waals surface area (Å²) in [7, 11) is 0. The molecule has 0 atom stereocenters. The summed E-state index contributed by atoms with van der Waals surface area (Å²) < 4.78 is 16.3. The van der Waals surface area contributed by atoms with Crippen molar-refractivity contribution in [3.8, 4) is 17.1 Å². The first-order chi connectivity index (χ1) is 16.6. The van der Waals surface area contributed by atoms with Gasteiger partial charge in [0.25, 0.3) is 5.56 Å². The van der Waals surface area contributed by atoms with Gasteiger partial charge in [-0.05, 0) is 48.5 Å². The first kappa shape index (κ1) is 21.5. The van der Waals surface area contributed by atoms with Crippen LogP contribution in [0.4, 0.5) is 4.39 Å². The smallest absolute Gasteiger partial charge is 0.272 e. The highest BCUT2D eigenvalue weighted by Gasteiger charge is 2.17. The van der Waals surface area contributed by atoms with E-state index < -0.39 is 5.91 Å². The van der Waals surface area contributed by atoms with Gasteiger partial charge in [-0.2, -0.15) is 0 Å². The van der Waals surface area contributed by atoms with Gasteiger partial charge in [0.1, 0.15) is 12.1 Å². The van der Waals surface area contributed by atoms with Gasteiger partial charge in [-0.1, -0.05) is 42.1 Å². The summed E-state index contributed by atoms with van der Waals surface area (Å²) in [6, 6.07) is 22.3. The van der Waals surface area contributed by atoms with Crippen molar-refractivity contribution in [3.63, 3.8) is 0 Å². The molecule has 0 aliphatic carbocycles. The standard InChI is InChI=1S/C24H17FN6O2S/c25-17-12-10-16(11-13-17)22-27-28-24(31(22)18-6-2-1-3-7-18)34-14-21(32)29-30-15-26-20-9-5-4-8-19(20)23(30)33/h1-13,15H,14H2,(H,29,32). The number of nitrogens with zero attached hydrogens (tertiary/aromatic N) is 5. The van der Waals surface area contributed by atoms with E-state index in [1.807, 2.05) is 30.3 Å². The average Bonchev–Trinajstić information content (AvgIpc) is 3.29. The molecule has 5 aromatic rings. The summed E-state index contributed by atoms with van der Waals surface area (Å²) in [6.45, 7) is 0. The van der Waals surface area contributed by atoms with Crippen molar-refractivity contribution in [3.05, 3.63) is 101 Å². The molecule has 2 aromatic heterocycles. The van der Waals surface area contributed by atoms with Gasteiger partial charge in [-0.3, -0.25) is 19.6 Å². The molecule has 8 nitrogen and oxygen atoms in total. The number of rotatable bonds is 6. The number of hydrogen-bond donors (Lipinski definition) is 1. The van der Waals surface area contributed by atoms with Crippen LogP contribution in [0.25, 0.3) is 28.0 Å². The third kappa shape index (κ3) is 4.30. The molecule has 3 aromatic carbocycles. The lowest BCUT2D eigenvalue weighted by atomic mass is 10.2. The Morgan fingerprint density at radius 3 is 2.47 bits per heavy atom. The van der Waals surface area contributed by atoms with Crippen LogP contribution in [-0.4, -0.2) is 36.1 Å². The fourth-order valence-corrected chi connectivity index (χ4v) is 4.15. The topological polar surface area (TPSA) is 94.7 Å². The summed E-state index contributed by atoms with van der Waals surface area (Å²) in [5.74, 6) is -0.258. The van der Waals surface area contributed by atoms with Crippen molar-refractivity contribution in [1.82, 2.24) is 24.4 Å². The molecule has 0 bridgehead atoms. The number of hydrogen-bond acceptors (Lipinski definition) is 6. The van der Waals surface area contributed by atoms with E-state index in [2.05, 4.69) is 20.6 Å². The predicted molar refractivity (Wildman–Crippen MR) is 128 cm³/mol. The van der Waals surface area contributed by atoms with Gasteiger partial charge in [0.15, 0.2) is 11.0 Å². The maximum atomic E-state index is 13.4. The number of benzene rings is 3. The second-order valence-corrected chi connectivity index (χ2v) is 8.19. The lowest BCUT2D eigenvalue weighted by Crippen LogP contribution is -2.34. The number of halogens is 1. The molecular weight excluding hydrogens is 455 g/mol. The monoisotopic (exact) mass is 472 g/mol. The van der Waals surface area contributed by atoms with E-state index in [4.69, 9.17) is 0 Å². The van der Waals surface area contributed by atoms with Gasteiger partial charge in [-0.25, -0.2) is 14.1 Å². The molecule has 5 rings (SSSR count). The number of nitrogens with one attached hydrogen (secondary N) is 1. The normalized spacial score (nSPS) is 11.0. The molecule has 34 heavy (non-hydrogen) atoms. The second kappa shape index (κ2) is 9.28. The quantitative estimate of drug-likeness (QED) is 0.379. The maximum absolute atomic E-state index is 13.4. The Kier molecular flexibility index (Phi) is 5.88. The molecule has 0 fully saturated rings. The van der Waals surface area contributed by atoms with Crippen LogP contribution in [0.15, 0.2) is 95.1 Å². The Morgan fingerprint density at radius 1 is 0.941 bits per heavy atom. The summed E-state index contributed by atoms with van der Waals surface area (Å²) in [6.07, 6.45) is 1.28. The molecule has 1 N–H and O–H groups in total. The predicted octanol–water partition coefficient (Wildman–Crippen LogP) is 3.65. The molecule has 0 aliphatic heterocycles. The number of para-hydroxylation sites is 2. The lowest BCUT2D eigenvalue weighted by molar-refractivity contribution is -0.114. The SMILES string of the molecule is O=C(CSc1nnc(-c2ccc(F)cc2)n1-c1ccccc1)Nn1cnc2ccccc2c1=O. The summed E-state index contributed by atoms with van der Waals surface area (Å²) >= 11 is 1.16. The Balaban J connectivity index is 1.39. The highest BCUT2D eigenvalue weighted by Crippen LogP contribution is 2.28. The van der Waals surface area contributed by atoms with Crippen molar-refractivity contribution >= 4 is 28.6 Å². The zero-order valence-corrected chi connectivity index (χ0v) is 18.4. The number of aromatic nitrogens is 5. The van der Waals surface area contributed by atoms with Crippen molar-refractivity contribution in [2.24, 2.45) is 0 Å². The van der Waals surface area contributed by atoms with Crippen LogP contribution in [0.1, 0.15) is 0 Å². The summed E-state index contributed by atoms with van der Waals surface area (Å²) in [5, 5.41) is 9.41. The average molecular weight is 473 g/mol. The van der Waals surface area contributed by atoms with E-state index in [0.29, 0.717) is 27.4 Å². The van der Waals surface area contributed by atoms with E-state index >= 15 is 0 Å². The molecule has 0 saturated heterocycles. The number of fused-ring (bicyclic) bond motifs is 1. The fourth-order valence-electron chi connectivity index (χ4n) is 3.40. The molecule has 168 valence electrons. The molecule has 1 amide bonds. The van der Waals surface area contributed by atoms with E-state index in [9.17, 15) is 14.0 Å². The van der Waals surface area contributed by atoms with Crippen molar-refractivity contribution in [2.45, 2.75) is 5.16 Å². The third-order valence-corrected chi connectivity index (χ3v) is 5.92. The van der Waals surface area contributed by atoms with Crippen molar-refractivity contribution in [1.29, 1.82) is 0 Å². The molecule has 0 saturated carbocycles. The van der Waals surface area contributed by atoms with E-state index in [1.165, 1.54) is 18.5 Å². The molecule has 0 radical (unpaired) electrons. The Morgan fingerprint density at radius 2 is 1.68 bits per heavy atom. The molecule has 2 heterocycles. The van der Waals surface area contributed by atoms with E-state index in [1.54, 1.807) is 41.0 Å². The zero-order valence-electron chi connectivity index (χ0n) is 17.6. The minimum Gasteiger partial charge on any atom is -0.272 e. The number of carbonyl (C=O) groups excluding carboxylic acids is 1. The second-order valence-electron chi connectivity index (χ2n) is 7.24. The van der Waals surface area contributed by atoms with Crippen LogP contribution in [0.2, 0.25) is 0 Å². The molecule has 10 heteroatoms. The van der Waals surface area contributed by atoms with E-state index in [-0.39, 0.29) is 17.1 Å². The van der Waals surface area contributed by atoms with Crippen LogP contribution in [0, 0.1) is 5.82 Å². The number of amides is 1. The molecule has 0 aliphatic rings. The van der Waals surface area contributed by atoms with E-state index in [0.717, 1.165) is 22.1 Å². The number of carbonyl (C=O) groups is 1. The Labute approximate surface area is 197 Å². The van der Waals surface area contributed by atoms with Crippen molar-refractivity contribution < 1.29 is 9.18 Å². The van der Waals surface area contributed by atoms with Crippen LogP contribution in [0.3, 0.4) is 0 Å².